The van der Waals surface area contributed by atoms with Gasteiger partial charge in [0.25, 0.3) is 0 Å². The molecule has 1 fully saturated rings. The molecular formula is C13H18Cl2N2O2S. The van der Waals surface area contributed by atoms with E-state index in [1.807, 2.05) is 7.05 Å². The lowest BCUT2D eigenvalue weighted by atomic mass is 9.98. The summed E-state index contributed by atoms with van der Waals surface area (Å²) in [4.78, 5) is 0.0960. The fourth-order valence-electron chi connectivity index (χ4n) is 2.46. The predicted molar refractivity (Wildman–Crippen MR) is 81.9 cm³/mol. The second-order valence-electron chi connectivity index (χ2n) is 4.96. The SMILES string of the molecule is CNCC1CCN(S(=O)(=O)c2cccc(Cl)c2Cl)CC1. The highest BCUT2D eigenvalue weighted by atomic mass is 35.5. The van der Waals surface area contributed by atoms with Crippen molar-refractivity contribution in [3.05, 3.63) is 28.2 Å². The van der Waals surface area contributed by atoms with Gasteiger partial charge in [0.2, 0.25) is 10.0 Å². The molecule has 1 aromatic rings. The molecule has 0 unspecified atom stereocenters. The van der Waals surface area contributed by atoms with Gasteiger partial charge in [0, 0.05) is 13.1 Å². The zero-order valence-electron chi connectivity index (χ0n) is 11.3. The second-order valence-corrected chi connectivity index (χ2v) is 7.65. The summed E-state index contributed by atoms with van der Waals surface area (Å²) < 4.78 is 26.7. The first-order valence-corrected chi connectivity index (χ1v) is 8.75. The van der Waals surface area contributed by atoms with Crippen LogP contribution in [0.5, 0.6) is 0 Å². The molecule has 2 rings (SSSR count). The summed E-state index contributed by atoms with van der Waals surface area (Å²) in [5.74, 6) is 0.529. The van der Waals surface area contributed by atoms with E-state index in [1.165, 1.54) is 10.4 Å². The lowest BCUT2D eigenvalue weighted by Crippen LogP contribution is -2.40. The van der Waals surface area contributed by atoms with E-state index in [9.17, 15) is 8.42 Å². The van der Waals surface area contributed by atoms with Crippen LogP contribution in [0.3, 0.4) is 0 Å². The Hall–Kier alpha value is -0.330. The molecule has 0 atom stereocenters. The van der Waals surface area contributed by atoms with Crippen LogP contribution in [0.25, 0.3) is 0 Å². The molecule has 1 heterocycles. The first kappa shape index (κ1) is 16.0. The molecule has 20 heavy (non-hydrogen) atoms. The molecular weight excluding hydrogens is 319 g/mol. The van der Waals surface area contributed by atoms with Crippen LogP contribution in [-0.2, 0) is 10.0 Å². The molecule has 0 saturated carbocycles. The van der Waals surface area contributed by atoms with Crippen LogP contribution in [0.2, 0.25) is 10.0 Å². The molecule has 7 heteroatoms. The monoisotopic (exact) mass is 336 g/mol. The molecule has 0 bridgehead atoms. The maximum atomic E-state index is 12.6. The summed E-state index contributed by atoms with van der Waals surface area (Å²) in [5.41, 5.74) is 0. The first-order valence-electron chi connectivity index (χ1n) is 6.55. The first-order chi connectivity index (χ1) is 9.46. The number of hydrogen-bond donors (Lipinski definition) is 1. The van der Waals surface area contributed by atoms with E-state index in [0.717, 1.165) is 19.4 Å². The maximum Gasteiger partial charge on any atom is 0.244 e. The summed E-state index contributed by atoms with van der Waals surface area (Å²) >= 11 is 11.9. The van der Waals surface area contributed by atoms with Gasteiger partial charge in [-0.25, -0.2) is 8.42 Å². The van der Waals surface area contributed by atoms with Gasteiger partial charge in [0.1, 0.15) is 4.90 Å². The quantitative estimate of drug-likeness (QED) is 0.919. The molecule has 4 nitrogen and oxygen atoms in total. The van der Waals surface area contributed by atoms with Crippen LogP contribution in [0.1, 0.15) is 12.8 Å². The average molecular weight is 337 g/mol. The number of sulfonamides is 1. The zero-order valence-corrected chi connectivity index (χ0v) is 13.6. The fourth-order valence-corrected chi connectivity index (χ4v) is 4.67. The molecule has 1 aromatic carbocycles. The Morgan fingerprint density at radius 1 is 1.30 bits per heavy atom. The van der Waals surface area contributed by atoms with E-state index in [1.54, 1.807) is 12.1 Å². The third-order valence-corrected chi connectivity index (χ3v) is 6.47. The van der Waals surface area contributed by atoms with Crippen molar-refractivity contribution in [1.29, 1.82) is 0 Å². The largest absolute Gasteiger partial charge is 0.319 e. The number of nitrogens with one attached hydrogen (secondary N) is 1. The van der Waals surface area contributed by atoms with Crippen molar-refractivity contribution in [3.8, 4) is 0 Å². The summed E-state index contributed by atoms with van der Waals surface area (Å²) in [7, 11) is -1.65. The van der Waals surface area contributed by atoms with Gasteiger partial charge in [-0.3, -0.25) is 0 Å². The van der Waals surface area contributed by atoms with Crippen LogP contribution in [0.15, 0.2) is 23.1 Å². The fraction of sp³-hybridized carbons (Fsp3) is 0.538. The van der Waals surface area contributed by atoms with Crippen LogP contribution in [0, 0.1) is 5.92 Å². The molecule has 0 aliphatic carbocycles. The Kier molecular flexibility index (Phi) is 5.31. The molecule has 1 N–H and O–H groups in total. The van der Waals surface area contributed by atoms with Crippen molar-refractivity contribution in [2.45, 2.75) is 17.7 Å². The summed E-state index contributed by atoms with van der Waals surface area (Å²) in [6, 6.07) is 4.69. The topological polar surface area (TPSA) is 49.4 Å². The van der Waals surface area contributed by atoms with E-state index in [2.05, 4.69) is 5.32 Å². The number of benzene rings is 1. The number of piperidine rings is 1. The van der Waals surface area contributed by atoms with Gasteiger partial charge in [-0.15, -0.1) is 0 Å². The second kappa shape index (κ2) is 6.62. The summed E-state index contributed by atoms with van der Waals surface area (Å²) in [5, 5.41) is 3.50. The average Bonchev–Trinajstić information content (AvgIpc) is 2.42. The molecule has 1 aliphatic rings. The molecule has 1 aliphatic heterocycles. The summed E-state index contributed by atoms with van der Waals surface area (Å²) in [6.45, 7) is 1.97. The van der Waals surface area contributed by atoms with Crippen molar-refractivity contribution in [2.75, 3.05) is 26.7 Å². The van der Waals surface area contributed by atoms with E-state index >= 15 is 0 Å². The van der Waals surface area contributed by atoms with E-state index in [4.69, 9.17) is 23.2 Å². The lowest BCUT2D eigenvalue weighted by molar-refractivity contribution is 0.270. The standard InChI is InChI=1S/C13H18Cl2N2O2S/c1-16-9-10-5-7-17(8-6-10)20(18,19)12-4-2-3-11(14)13(12)15/h2-4,10,16H,5-9H2,1H3. The van der Waals surface area contributed by atoms with Crippen molar-refractivity contribution < 1.29 is 8.42 Å². The van der Waals surface area contributed by atoms with E-state index in [0.29, 0.717) is 19.0 Å². The minimum Gasteiger partial charge on any atom is -0.319 e. The minimum atomic E-state index is -3.56. The third-order valence-electron chi connectivity index (χ3n) is 3.60. The molecule has 1 saturated heterocycles. The Morgan fingerprint density at radius 3 is 2.55 bits per heavy atom. The minimum absolute atomic E-state index is 0.0960. The van der Waals surface area contributed by atoms with Crippen molar-refractivity contribution in [3.63, 3.8) is 0 Å². The Bertz CT molecular complexity index is 570. The highest BCUT2D eigenvalue weighted by Crippen LogP contribution is 2.32. The normalized spacial score (nSPS) is 18.4. The number of nitrogens with zero attached hydrogens (tertiary/aromatic N) is 1. The highest BCUT2D eigenvalue weighted by Gasteiger charge is 2.31. The Morgan fingerprint density at radius 2 is 1.95 bits per heavy atom. The van der Waals surface area contributed by atoms with Gasteiger partial charge in [-0.2, -0.15) is 4.31 Å². The molecule has 0 amide bonds. The molecule has 0 aromatic heterocycles. The van der Waals surface area contributed by atoms with Crippen molar-refractivity contribution >= 4 is 33.2 Å². The lowest BCUT2D eigenvalue weighted by Gasteiger charge is -2.31. The highest BCUT2D eigenvalue weighted by molar-refractivity contribution is 7.89. The van der Waals surface area contributed by atoms with Crippen LogP contribution >= 0.6 is 23.2 Å². The summed E-state index contributed by atoms with van der Waals surface area (Å²) in [6.07, 6.45) is 1.72. The Balaban J connectivity index is 2.18. The van der Waals surface area contributed by atoms with Crippen LogP contribution < -0.4 is 5.32 Å². The van der Waals surface area contributed by atoms with Gasteiger partial charge >= 0.3 is 0 Å². The maximum absolute atomic E-state index is 12.6. The molecule has 112 valence electrons. The molecule has 0 spiro atoms. The third kappa shape index (κ3) is 3.28. The predicted octanol–water partition coefficient (Wildman–Crippen LogP) is 2.61. The molecule has 0 radical (unpaired) electrons. The van der Waals surface area contributed by atoms with E-state index in [-0.39, 0.29) is 14.9 Å². The Labute approximate surface area is 130 Å². The zero-order chi connectivity index (χ0) is 14.8. The van der Waals surface area contributed by atoms with Gasteiger partial charge in [-0.1, -0.05) is 29.3 Å². The number of halogens is 2. The van der Waals surface area contributed by atoms with Crippen molar-refractivity contribution in [2.24, 2.45) is 5.92 Å². The number of hydrogen-bond acceptors (Lipinski definition) is 3. The van der Waals surface area contributed by atoms with E-state index < -0.39 is 10.0 Å². The number of rotatable bonds is 4. The van der Waals surface area contributed by atoms with Gasteiger partial charge in [-0.05, 0) is 44.5 Å². The van der Waals surface area contributed by atoms with Crippen molar-refractivity contribution in [1.82, 2.24) is 9.62 Å². The van der Waals surface area contributed by atoms with Crippen LogP contribution in [-0.4, -0.2) is 39.4 Å². The van der Waals surface area contributed by atoms with Gasteiger partial charge in [0.05, 0.1) is 10.0 Å². The van der Waals surface area contributed by atoms with Gasteiger partial charge in [0.15, 0.2) is 0 Å². The smallest absolute Gasteiger partial charge is 0.244 e. The van der Waals surface area contributed by atoms with Gasteiger partial charge < -0.3 is 5.32 Å². The van der Waals surface area contributed by atoms with Crippen LogP contribution in [0.4, 0.5) is 0 Å².